The summed E-state index contributed by atoms with van der Waals surface area (Å²) in [6, 6.07) is 7.33. The molecule has 200 valence electrons. The fourth-order valence-electron chi connectivity index (χ4n) is 4.42. The Kier molecular flexibility index (Phi) is 9.91. The molecular weight excluding hydrogens is 495 g/mol. The summed E-state index contributed by atoms with van der Waals surface area (Å²) < 4.78 is 32.5. The summed E-state index contributed by atoms with van der Waals surface area (Å²) in [5, 5.41) is 16.7. The molecule has 0 bridgehead atoms. The summed E-state index contributed by atoms with van der Waals surface area (Å²) in [6.07, 6.45) is 10.3. The van der Waals surface area contributed by atoms with E-state index in [2.05, 4.69) is 34.5 Å². The lowest BCUT2D eigenvalue weighted by Gasteiger charge is -2.28. The van der Waals surface area contributed by atoms with E-state index in [0.29, 0.717) is 5.57 Å². The highest BCUT2D eigenvalue weighted by atomic mass is 31.0. The topological polar surface area (TPSA) is 88.2 Å². The van der Waals surface area contributed by atoms with E-state index < -0.39 is 23.7 Å². The molecule has 3 rings (SSSR count). The molecule has 9 heteroatoms. The number of benzene rings is 1. The maximum atomic E-state index is 13.6. The van der Waals surface area contributed by atoms with Gasteiger partial charge < -0.3 is 14.9 Å². The Morgan fingerprint density at radius 2 is 2.03 bits per heavy atom. The fourth-order valence-corrected chi connectivity index (χ4v) is 4.65. The van der Waals surface area contributed by atoms with Crippen molar-refractivity contribution in [3.8, 4) is 0 Å². The lowest BCUT2D eigenvalue weighted by atomic mass is 9.78. The number of nitrogens with one attached hydrogen (secondary N) is 1. The van der Waals surface area contributed by atoms with Gasteiger partial charge in [-0.25, -0.2) is 0 Å². The van der Waals surface area contributed by atoms with Crippen LogP contribution in [0.25, 0.3) is 5.57 Å². The molecule has 2 atom stereocenters. The van der Waals surface area contributed by atoms with Crippen LogP contribution in [0.1, 0.15) is 81.8 Å². The normalized spacial score (nSPS) is 16.8. The highest BCUT2D eigenvalue weighted by Gasteiger charge is 2.29. The van der Waals surface area contributed by atoms with Gasteiger partial charge in [-0.05, 0) is 42.2 Å². The van der Waals surface area contributed by atoms with Crippen molar-refractivity contribution >= 4 is 20.7 Å². The minimum absolute atomic E-state index is 0.0248. The standard InChI is InChI=1S/C28H36F2N3O3P/c1-4-5-10-19-11-6-7-16-22(19)27(2,3)17-24(35)31-23(18-34)26-32-25(33-36-26)20-12-8-14-21(15-9-13-20)28(29,30)37/h6-8,11-13,15-16,23,34H,4-5,9-10,14,17-18,37H2,1-3H3,(H,31,35)/b12-8?,20-13?,21-15+/t23-/m1/s1. The van der Waals surface area contributed by atoms with Crippen molar-refractivity contribution in [3.05, 3.63) is 77.0 Å². The van der Waals surface area contributed by atoms with Crippen molar-refractivity contribution in [1.29, 1.82) is 0 Å². The average Bonchev–Trinajstić information content (AvgIpc) is 3.30. The molecule has 0 radical (unpaired) electrons. The fraction of sp³-hybridized carbons (Fsp3) is 0.464. The number of carbonyl (C=O) groups is 1. The van der Waals surface area contributed by atoms with Crippen LogP contribution in [0.15, 0.2) is 58.7 Å². The number of hydrogen-bond donors (Lipinski definition) is 2. The molecule has 1 amide bonds. The Bertz CT molecular complexity index is 1170. The number of unbranched alkanes of at least 4 members (excludes halogenated alkanes) is 1. The first-order chi connectivity index (χ1) is 17.5. The summed E-state index contributed by atoms with van der Waals surface area (Å²) in [5.74, 6) is 0.102. The number of aliphatic hydroxyl groups excluding tert-OH is 1. The third-order valence-corrected chi connectivity index (χ3v) is 6.80. The second kappa shape index (κ2) is 12.7. The van der Waals surface area contributed by atoms with Crippen molar-refractivity contribution in [3.63, 3.8) is 0 Å². The highest BCUT2D eigenvalue weighted by molar-refractivity contribution is 7.18. The predicted molar refractivity (Wildman–Crippen MR) is 144 cm³/mol. The van der Waals surface area contributed by atoms with E-state index in [0.717, 1.165) is 24.8 Å². The summed E-state index contributed by atoms with van der Waals surface area (Å²) in [7, 11) is 1.56. The first-order valence-electron chi connectivity index (χ1n) is 12.6. The molecule has 0 fully saturated rings. The lowest BCUT2D eigenvalue weighted by Crippen LogP contribution is -2.35. The van der Waals surface area contributed by atoms with Crippen molar-refractivity contribution in [1.82, 2.24) is 15.5 Å². The molecule has 0 spiro atoms. The summed E-state index contributed by atoms with van der Waals surface area (Å²) in [5.41, 5.74) is -0.344. The number of nitrogens with zero attached hydrogens (tertiary/aromatic N) is 2. The first kappa shape index (κ1) is 28.9. The molecule has 6 nitrogen and oxygen atoms in total. The number of hydrogen-bond acceptors (Lipinski definition) is 5. The van der Waals surface area contributed by atoms with Gasteiger partial charge in [-0.2, -0.15) is 13.8 Å². The molecule has 0 aliphatic heterocycles. The molecule has 2 N–H and O–H groups in total. The molecule has 1 aromatic carbocycles. The van der Waals surface area contributed by atoms with Crippen LogP contribution in [0.3, 0.4) is 0 Å². The molecule has 37 heavy (non-hydrogen) atoms. The van der Waals surface area contributed by atoms with Gasteiger partial charge in [0, 0.05) is 17.6 Å². The van der Waals surface area contributed by atoms with Crippen LogP contribution >= 0.6 is 9.24 Å². The van der Waals surface area contributed by atoms with E-state index in [1.807, 2.05) is 26.0 Å². The van der Waals surface area contributed by atoms with Gasteiger partial charge in [0.15, 0.2) is 0 Å². The Balaban J connectivity index is 1.69. The number of aryl methyl sites for hydroxylation is 1. The zero-order valence-corrected chi connectivity index (χ0v) is 22.8. The number of aromatic nitrogens is 2. The molecule has 1 aliphatic carbocycles. The van der Waals surface area contributed by atoms with E-state index in [9.17, 15) is 18.7 Å². The maximum Gasteiger partial charge on any atom is 0.280 e. The number of halogens is 2. The van der Waals surface area contributed by atoms with Crippen LogP contribution in [0.5, 0.6) is 0 Å². The van der Waals surface area contributed by atoms with Gasteiger partial charge >= 0.3 is 0 Å². The SMILES string of the molecule is CCCCc1ccccc1C(C)(C)CC(=O)N[C@H](CO)c1nc(C2=CC/C=C(/C(F)(F)P)CC=C2)no1. The third kappa shape index (κ3) is 7.89. The monoisotopic (exact) mass is 531 g/mol. The van der Waals surface area contributed by atoms with Crippen molar-refractivity contribution in [2.75, 3.05) is 6.61 Å². The minimum Gasteiger partial charge on any atom is -0.394 e. The van der Waals surface area contributed by atoms with E-state index in [1.165, 1.54) is 11.6 Å². The smallest absolute Gasteiger partial charge is 0.280 e. The summed E-state index contributed by atoms with van der Waals surface area (Å²) in [4.78, 5) is 17.4. The van der Waals surface area contributed by atoms with E-state index in [1.54, 1.807) is 27.5 Å². The highest BCUT2D eigenvalue weighted by Crippen LogP contribution is 2.35. The van der Waals surface area contributed by atoms with Crippen molar-refractivity contribution in [2.45, 2.75) is 76.4 Å². The zero-order chi connectivity index (χ0) is 27.1. The maximum absolute atomic E-state index is 13.6. The lowest BCUT2D eigenvalue weighted by molar-refractivity contribution is -0.123. The number of amides is 1. The van der Waals surface area contributed by atoms with Crippen LogP contribution in [0.4, 0.5) is 8.78 Å². The zero-order valence-electron chi connectivity index (χ0n) is 21.6. The number of aliphatic hydroxyl groups is 1. The molecule has 0 saturated carbocycles. The second-order valence-corrected chi connectivity index (χ2v) is 10.7. The van der Waals surface area contributed by atoms with Crippen LogP contribution in [0.2, 0.25) is 0 Å². The molecule has 0 saturated heterocycles. The van der Waals surface area contributed by atoms with Crippen LogP contribution in [0, 0.1) is 0 Å². The Morgan fingerprint density at radius 3 is 2.73 bits per heavy atom. The van der Waals surface area contributed by atoms with Crippen molar-refractivity contribution in [2.24, 2.45) is 0 Å². The largest absolute Gasteiger partial charge is 0.394 e. The molecule has 1 aliphatic rings. The van der Waals surface area contributed by atoms with E-state index in [-0.39, 0.29) is 42.5 Å². The van der Waals surface area contributed by atoms with Gasteiger partial charge in [0.05, 0.1) is 6.61 Å². The number of rotatable bonds is 11. The van der Waals surface area contributed by atoms with E-state index in [4.69, 9.17) is 4.52 Å². The van der Waals surface area contributed by atoms with Crippen molar-refractivity contribution < 1.29 is 23.2 Å². The van der Waals surface area contributed by atoms with Gasteiger partial charge in [0.1, 0.15) is 6.04 Å². The van der Waals surface area contributed by atoms with Crippen LogP contribution in [-0.4, -0.2) is 33.4 Å². The van der Waals surface area contributed by atoms with Crippen LogP contribution < -0.4 is 5.32 Å². The van der Waals surface area contributed by atoms with Crippen LogP contribution in [-0.2, 0) is 16.6 Å². The Labute approximate surface area is 219 Å². The van der Waals surface area contributed by atoms with Gasteiger partial charge in [-0.3, -0.25) is 4.79 Å². The summed E-state index contributed by atoms with van der Waals surface area (Å²) >= 11 is 0. The first-order valence-corrected chi connectivity index (χ1v) is 13.2. The number of alkyl halides is 2. The molecular formula is C28H36F2N3O3P. The predicted octanol–water partition coefficient (Wildman–Crippen LogP) is 6.06. The number of carbonyl (C=O) groups excluding carboxylic acids is 1. The average molecular weight is 532 g/mol. The summed E-state index contributed by atoms with van der Waals surface area (Å²) in [6.45, 7) is 5.82. The quantitative estimate of drug-likeness (QED) is 0.272. The minimum atomic E-state index is -2.95. The van der Waals surface area contributed by atoms with Gasteiger partial charge in [-0.15, -0.1) is 0 Å². The van der Waals surface area contributed by atoms with Gasteiger partial charge in [0.2, 0.25) is 11.7 Å². The number of allylic oxidation sites excluding steroid dienone is 6. The van der Waals surface area contributed by atoms with Gasteiger partial charge in [-0.1, -0.05) is 90.2 Å². The molecule has 1 aromatic heterocycles. The third-order valence-electron chi connectivity index (χ3n) is 6.43. The molecule has 1 unspecified atom stereocenters. The second-order valence-electron chi connectivity index (χ2n) is 9.93. The molecule has 1 heterocycles. The Hall–Kier alpha value is -2.70. The Morgan fingerprint density at radius 1 is 1.27 bits per heavy atom. The van der Waals surface area contributed by atoms with E-state index >= 15 is 0 Å². The van der Waals surface area contributed by atoms with Gasteiger partial charge in [0.25, 0.3) is 11.6 Å². The molecule has 2 aromatic rings.